The molecule has 15 heavy (non-hydrogen) atoms. The van der Waals surface area contributed by atoms with E-state index in [9.17, 15) is 9.50 Å². The fourth-order valence-corrected chi connectivity index (χ4v) is 2.26. The van der Waals surface area contributed by atoms with Crippen molar-refractivity contribution in [3.63, 3.8) is 0 Å². The van der Waals surface area contributed by atoms with Crippen LogP contribution in [-0.2, 0) is 0 Å². The fourth-order valence-electron chi connectivity index (χ4n) is 2.26. The van der Waals surface area contributed by atoms with Crippen molar-refractivity contribution in [3.05, 3.63) is 35.1 Å². The second kappa shape index (κ2) is 4.29. The molecule has 0 aromatic heterocycles. The topological polar surface area (TPSA) is 32.3 Å². The Kier molecular flexibility index (Phi) is 3.03. The highest BCUT2D eigenvalue weighted by atomic mass is 19.1. The van der Waals surface area contributed by atoms with E-state index in [-0.39, 0.29) is 17.8 Å². The first-order valence-corrected chi connectivity index (χ1v) is 5.33. The summed E-state index contributed by atoms with van der Waals surface area (Å²) in [6.45, 7) is 3.44. The normalized spacial score (nSPS) is 26.6. The van der Waals surface area contributed by atoms with Crippen molar-refractivity contribution in [2.24, 2.45) is 0 Å². The van der Waals surface area contributed by atoms with E-state index in [4.69, 9.17) is 0 Å². The summed E-state index contributed by atoms with van der Waals surface area (Å²) in [6.07, 6.45) is 0.552. The molecule has 1 saturated heterocycles. The molecule has 2 N–H and O–H groups in total. The average molecular weight is 209 g/mol. The maximum atomic E-state index is 12.9. The first-order chi connectivity index (χ1) is 7.18. The lowest BCUT2D eigenvalue weighted by molar-refractivity contribution is 0.118. The van der Waals surface area contributed by atoms with Crippen LogP contribution in [0.4, 0.5) is 4.39 Å². The molecule has 1 heterocycles. The van der Waals surface area contributed by atoms with Crippen LogP contribution in [0.2, 0.25) is 0 Å². The minimum absolute atomic E-state index is 0.145. The molecule has 1 aromatic carbocycles. The van der Waals surface area contributed by atoms with Gasteiger partial charge >= 0.3 is 0 Å². The molecule has 3 heteroatoms. The summed E-state index contributed by atoms with van der Waals surface area (Å²) in [6, 6.07) is 4.80. The molecule has 0 aliphatic carbocycles. The Morgan fingerprint density at radius 2 is 2.27 bits per heavy atom. The maximum Gasteiger partial charge on any atom is 0.123 e. The Hall–Kier alpha value is -0.930. The molecular formula is C12H16FNO. The second-order valence-corrected chi connectivity index (χ2v) is 4.17. The lowest BCUT2D eigenvalue weighted by Gasteiger charge is -2.29. The summed E-state index contributed by atoms with van der Waals surface area (Å²) in [5, 5.41) is 13.0. The van der Waals surface area contributed by atoms with Gasteiger partial charge in [0.05, 0.1) is 6.10 Å². The summed E-state index contributed by atoms with van der Waals surface area (Å²) in [7, 11) is 0. The third-order valence-corrected chi connectivity index (χ3v) is 3.08. The average Bonchev–Trinajstić information content (AvgIpc) is 2.20. The summed E-state index contributed by atoms with van der Waals surface area (Å²) < 4.78 is 12.9. The molecule has 0 saturated carbocycles. The van der Waals surface area contributed by atoms with Crippen LogP contribution in [0, 0.1) is 12.7 Å². The lowest BCUT2D eigenvalue weighted by atomic mass is 9.85. The van der Waals surface area contributed by atoms with Crippen molar-refractivity contribution in [3.8, 4) is 0 Å². The lowest BCUT2D eigenvalue weighted by Crippen LogP contribution is -2.39. The SMILES string of the molecule is Cc1cc(F)ccc1[C@H]1CCNC[C@H]1O. The smallest absolute Gasteiger partial charge is 0.123 e. The maximum absolute atomic E-state index is 12.9. The van der Waals surface area contributed by atoms with Gasteiger partial charge < -0.3 is 10.4 Å². The highest BCUT2D eigenvalue weighted by molar-refractivity contribution is 5.31. The zero-order chi connectivity index (χ0) is 10.8. The number of aliphatic hydroxyl groups excluding tert-OH is 1. The predicted octanol–water partition coefficient (Wildman–Crippen LogP) is 1.57. The minimum Gasteiger partial charge on any atom is -0.391 e. The van der Waals surface area contributed by atoms with E-state index in [2.05, 4.69) is 5.32 Å². The number of halogens is 1. The summed E-state index contributed by atoms with van der Waals surface area (Å²) in [5.74, 6) is -0.0634. The summed E-state index contributed by atoms with van der Waals surface area (Å²) in [4.78, 5) is 0. The van der Waals surface area contributed by atoms with Gasteiger partial charge in [0.2, 0.25) is 0 Å². The predicted molar refractivity (Wildman–Crippen MR) is 57.4 cm³/mol. The molecule has 1 aliphatic rings. The van der Waals surface area contributed by atoms with E-state index in [0.29, 0.717) is 6.54 Å². The third-order valence-electron chi connectivity index (χ3n) is 3.08. The van der Waals surface area contributed by atoms with Gasteiger partial charge in [0.1, 0.15) is 5.82 Å². The van der Waals surface area contributed by atoms with E-state index < -0.39 is 0 Å². The van der Waals surface area contributed by atoms with E-state index in [1.165, 1.54) is 12.1 Å². The Morgan fingerprint density at radius 3 is 2.93 bits per heavy atom. The van der Waals surface area contributed by atoms with Gasteiger partial charge in [0, 0.05) is 12.5 Å². The van der Waals surface area contributed by atoms with Gasteiger partial charge in [-0.2, -0.15) is 0 Å². The molecule has 2 nitrogen and oxygen atoms in total. The Balaban J connectivity index is 2.27. The molecule has 82 valence electrons. The number of β-amino-alcohol motifs (C(OH)–C–C–N with tert-alkyl or cyclic N) is 1. The number of hydrogen-bond acceptors (Lipinski definition) is 2. The monoisotopic (exact) mass is 209 g/mol. The molecular weight excluding hydrogens is 193 g/mol. The number of rotatable bonds is 1. The molecule has 0 amide bonds. The van der Waals surface area contributed by atoms with Crippen LogP contribution in [0.5, 0.6) is 0 Å². The highest BCUT2D eigenvalue weighted by Gasteiger charge is 2.25. The Bertz CT molecular complexity index is 353. The van der Waals surface area contributed by atoms with Gasteiger partial charge in [-0.3, -0.25) is 0 Å². The molecule has 0 radical (unpaired) electrons. The van der Waals surface area contributed by atoms with Crippen molar-refractivity contribution in [2.75, 3.05) is 13.1 Å². The van der Waals surface area contributed by atoms with Crippen LogP contribution < -0.4 is 5.32 Å². The number of hydrogen-bond donors (Lipinski definition) is 2. The first-order valence-electron chi connectivity index (χ1n) is 5.33. The molecule has 1 aliphatic heterocycles. The molecule has 1 fully saturated rings. The Morgan fingerprint density at radius 1 is 1.47 bits per heavy atom. The number of nitrogens with one attached hydrogen (secondary N) is 1. The summed E-state index contributed by atoms with van der Waals surface area (Å²) in [5.41, 5.74) is 2.01. The minimum atomic E-state index is -0.358. The van der Waals surface area contributed by atoms with Crippen LogP contribution in [0.1, 0.15) is 23.5 Å². The number of piperidine rings is 1. The van der Waals surface area contributed by atoms with Crippen molar-refractivity contribution in [2.45, 2.75) is 25.4 Å². The van der Waals surface area contributed by atoms with Crippen molar-refractivity contribution in [1.82, 2.24) is 5.32 Å². The molecule has 1 aromatic rings. The molecule has 0 unspecified atom stereocenters. The zero-order valence-electron chi connectivity index (χ0n) is 8.83. The quantitative estimate of drug-likeness (QED) is 0.736. The largest absolute Gasteiger partial charge is 0.391 e. The zero-order valence-corrected chi connectivity index (χ0v) is 8.83. The van der Waals surface area contributed by atoms with Crippen LogP contribution in [0.3, 0.4) is 0 Å². The molecule has 2 rings (SSSR count). The van der Waals surface area contributed by atoms with Crippen molar-refractivity contribution >= 4 is 0 Å². The number of aliphatic hydroxyl groups is 1. The van der Waals surface area contributed by atoms with Crippen LogP contribution in [-0.4, -0.2) is 24.3 Å². The van der Waals surface area contributed by atoms with Gasteiger partial charge in [0.15, 0.2) is 0 Å². The highest BCUT2D eigenvalue weighted by Crippen LogP contribution is 2.28. The molecule has 0 spiro atoms. The molecule has 0 bridgehead atoms. The fraction of sp³-hybridized carbons (Fsp3) is 0.500. The van der Waals surface area contributed by atoms with E-state index in [1.54, 1.807) is 6.07 Å². The van der Waals surface area contributed by atoms with E-state index in [1.807, 2.05) is 6.92 Å². The van der Waals surface area contributed by atoms with Gasteiger partial charge in [-0.15, -0.1) is 0 Å². The standard InChI is InChI=1S/C12H16FNO/c1-8-6-9(13)2-3-10(8)11-4-5-14-7-12(11)15/h2-3,6,11-12,14-15H,4-5,7H2,1H3/t11-,12-/m1/s1. The number of benzene rings is 1. The van der Waals surface area contributed by atoms with Crippen LogP contribution in [0.25, 0.3) is 0 Å². The van der Waals surface area contributed by atoms with Crippen molar-refractivity contribution < 1.29 is 9.50 Å². The third kappa shape index (κ3) is 2.19. The summed E-state index contributed by atoms with van der Waals surface area (Å²) >= 11 is 0. The van der Waals surface area contributed by atoms with Crippen LogP contribution in [0.15, 0.2) is 18.2 Å². The van der Waals surface area contributed by atoms with Gasteiger partial charge in [-0.25, -0.2) is 4.39 Å². The van der Waals surface area contributed by atoms with Gasteiger partial charge in [-0.05, 0) is 43.1 Å². The van der Waals surface area contributed by atoms with Crippen molar-refractivity contribution in [1.29, 1.82) is 0 Å². The molecule has 2 atom stereocenters. The van der Waals surface area contributed by atoms with Crippen LogP contribution >= 0.6 is 0 Å². The van der Waals surface area contributed by atoms with Gasteiger partial charge in [0.25, 0.3) is 0 Å². The Labute approximate surface area is 89.1 Å². The van der Waals surface area contributed by atoms with E-state index in [0.717, 1.165) is 24.1 Å². The van der Waals surface area contributed by atoms with E-state index >= 15 is 0 Å². The van der Waals surface area contributed by atoms with Gasteiger partial charge in [-0.1, -0.05) is 6.07 Å². The second-order valence-electron chi connectivity index (χ2n) is 4.17. The number of aryl methyl sites for hydroxylation is 1. The first kappa shape index (κ1) is 10.6.